The molecule has 1 unspecified atom stereocenters. The van der Waals surface area contributed by atoms with Gasteiger partial charge in [0.05, 0.1) is 11.3 Å². The zero-order valence-corrected chi connectivity index (χ0v) is 33.3. The van der Waals surface area contributed by atoms with Gasteiger partial charge < -0.3 is 20.4 Å². The molecule has 5 heterocycles. The predicted molar refractivity (Wildman–Crippen MR) is 221 cm³/mol. The number of aromatic nitrogens is 3. The fourth-order valence-corrected chi connectivity index (χ4v) is 8.59. The second-order valence-electron chi connectivity index (χ2n) is 14.8. The quantitative estimate of drug-likeness (QED) is 0.134. The van der Waals surface area contributed by atoms with Crippen LogP contribution in [-0.2, 0) is 22.7 Å². The van der Waals surface area contributed by atoms with Crippen molar-refractivity contribution in [1.29, 1.82) is 0 Å². The van der Waals surface area contributed by atoms with Crippen molar-refractivity contribution >= 4 is 62.6 Å². The molecule has 2 aromatic heterocycles. The zero-order chi connectivity index (χ0) is 39.6. The monoisotopic (exact) mass is 827 g/mol. The molecule has 0 aliphatic carbocycles. The highest BCUT2D eigenvalue weighted by atomic mass is 79.9. The van der Waals surface area contributed by atoms with Crippen LogP contribution in [0.15, 0.2) is 95.9 Å². The predicted octanol–water partition coefficient (Wildman–Crippen LogP) is 6.47. The van der Waals surface area contributed by atoms with Crippen molar-refractivity contribution in [3.05, 3.63) is 124 Å². The van der Waals surface area contributed by atoms with E-state index >= 15 is 0 Å². The van der Waals surface area contributed by atoms with E-state index in [-0.39, 0.29) is 24.1 Å². The van der Waals surface area contributed by atoms with Gasteiger partial charge in [-0.15, -0.1) is 0 Å². The first-order valence-corrected chi connectivity index (χ1v) is 19.8. The smallest absolute Gasteiger partial charge is 0.256 e. The number of rotatable bonds is 10. The summed E-state index contributed by atoms with van der Waals surface area (Å²) in [5.41, 5.74) is 8.30. The van der Waals surface area contributed by atoms with Gasteiger partial charge in [-0.2, -0.15) is 0 Å². The molecule has 3 aliphatic heterocycles. The molecule has 1 atom stereocenters. The molecule has 0 spiro atoms. The molecule has 4 amide bonds. The number of benzene rings is 3. The summed E-state index contributed by atoms with van der Waals surface area (Å²) in [4.78, 5) is 70.3. The van der Waals surface area contributed by atoms with E-state index in [2.05, 4.69) is 69.7 Å². The average Bonchev–Trinajstić information content (AvgIpc) is 3.55. The van der Waals surface area contributed by atoms with Gasteiger partial charge in [0.1, 0.15) is 6.04 Å². The van der Waals surface area contributed by atoms with Gasteiger partial charge in [0.2, 0.25) is 17.8 Å². The lowest BCUT2D eigenvalue weighted by Crippen LogP contribution is -2.52. The van der Waals surface area contributed by atoms with E-state index < -0.39 is 11.9 Å². The number of imide groups is 1. The fraction of sp³-hybridized carbons (Fsp3) is 0.279. The molecule has 2 saturated heterocycles. The average molecular weight is 829 g/mol. The highest BCUT2D eigenvalue weighted by Gasteiger charge is 2.40. The van der Waals surface area contributed by atoms with Crippen molar-refractivity contribution in [1.82, 2.24) is 30.1 Å². The molecule has 8 rings (SSSR count). The van der Waals surface area contributed by atoms with E-state index in [0.717, 1.165) is 76.3 Å². The van der Waals surface area contributed by atoms with E-state index in [1.165, 1.54) is 0 Å². The molecule has 14 heteroatoms. The number of anilines is 4. The van der Waals surface area contributed by atoms with Gasteiger partial charge in [0, 0.05) is 89.9 Å². The minimum Gasteiger partial charge on any atom is -0.371 e. The van der Waals surface area contributed by atoms with Crippen molar-refractivity contribution in [3.63, 3.8) is 0 Å². The number of halogens is 1. The van der Waals surface area contributed by atoms with Gasteiger partial charge in [-0.05, 0) is 127 Å². The van der Waals surface area contributed by atoms with E-state index in [1.807, 2.05) is 73.7 Å². The Morgan fingerprint density at radius 3 is 2.54 bits per heavy atom. The third-order valence-corrected chi connectivity index (χ3v) is 11.6. The first-order valence-electron chi connectivity index (χ1n) is 19.0. The van der Waals surface area contributed by atoms with Crippen molar-refractivity contribution < 1.29 is 19.2 Å². The highest BCUT2D eigenvalue weighted by Crippen LogP contribution is 2.34. The summed E-state index contributed by atoms with van der Waals surface area (Å²) in [7, 11) is 2.14. The van der Waals surface area contributed by atoms with Gasteiger partial charge in [0.15, 0.2) is 0 Å². The van der Waals surface area contributed by atoms with Gasteiger partial charge in [-0.1, -0.05) is 12.1 Å². The summed E-state index contributed by atoms with van der Waals surface area (Å²) in [6, 6.07) is 22.9. The molecular formula is C43H42BrN9O4. The van der Waals surface area contributed by atoms with Crippen LogP contribution in [0.4, 0.5) is 23.0 Å². The minimum atomic E-state index is -0.639. The molecular weight excluding hydrogens is 786 g/mol. The SMILES string of the molecule is Cc1ccc(NC(=O)c2ccc(N3CCC(N(C)Cc4cc(Br)c5c(c4)CN(C4CCC(=O)NC4=O)C5=O)CC3)cc2)cc1Nc1nccc(-c2cccnc2)n1. The third-order valence-electron chi connectivity index (χ3n) is 11.0. The Morgan fingerprint density at radius 2 is 1.79 bits per heavy atom. The molecule has 0 saturated carbocycles. The number of fused-ring (bicyclic) bond motifs is 1. The summed E-state index contributed by atoms with van der Waals surface area (Å²) in [6.07, 6.45) is 7.71. The highest BCUT2D eigenvalue weighted by molar-refractivity contribution is 9.10. The maximum absolute atomic E-state index is 13.3. The van der Waals surface area contributed by atoms with E-state index in [1.54, 1.807) is 23.5 Å². The molecule has 5 aromatic rings. The van der Waals surface area contributed by atoms with Crippen LogP contribution in [-0.4, -0.2) is 80.6 Å². The lowest BCUT2D eigenvalue weighted by molar-refractivity contribution is -0.136. The summed E-state index contributed by atoms with van der Waals surface area (Å²) in [6.45, 7) is 4.82. The molecule has 3 aliphatic rings. The second-order valence-corrected chi connectivity index (χ2v) is 15.7. The number of hydrogen-bond donors (Lipinski definition) is 3. The first kappa shape index (κ1) is 37.9. The van der Waals surface area contributed by atoms with Gasteiger partial charge in [-0.3, -0.25) is 34.4 Å². The molecule has 2 fully saturated rings. The molecule has 3 N–H and O–H groups in total. The fourth-order valence-electron chi connectivity index (χ4n) is 7.87. The van der Waals surface area contributed by atoms with Crippen LogP contribution < -0.4 is 20.9 Å². The lowest BCUT2D eigenvalue weighted by atomic mass is 10.0. The maximum Gasteiger partial charge on any atom is 0.256 e. The topological polar surface area (TPSA) is 153 Å². The van der Waals surface area contributed by atoms with Crippen LogP contribution in [0.25, 0.3) is 11.3 Å². The first-order chi connectivity index (χ1) is 27.6. The number of nitrogens with one attached hydrogen (secondary N) is 3. The number of amides is 4. The number of pyridine rings is 1. The number of hydrogen-bond acceptors (Lipinski definition) is 10. The Hall–Kier alpha value is -5.99. The molecule has 57 heavy (non-hydrogen) atoms. The van der Waals surface area contributed by atoms with Gasteiger partial charge >= 0.3 is 0 Å². The van der Waals surface area contributed by atoms with Gasteiger partial charge in [-0.25, -0.2) is 9.97 Å². The summed E-state index contributed by atoms with van der Waals surface area (Å²) in [5.74, 6) is -0.638. The Labute approximate surface area is 339 Å². The van der Waals surface area contributed by atoms with Crippen molar-refractivity contribution in [2.24, 2.45) is 0 Å². The lowest BCUT2D eigenvalue weighted by Gasteiger charge is -2.38. The van der Waals surface area contributed by atoms with Crippen LogP contribution in [0.3, 0.4) is 0 Å². The molecule has 13 nitrogen and oxygen atoms in total. The van der Waals surface area contributed by atoms with Crippen molar-refractivity contribution in [2.45, 2.75) is 57.8 Å². The van der Waals surface area contributed by atoms with E-state index in [9.17, 15) is 19.2 Å². The summed E-state index contributed by atoms with van der Waals surface area (Å²) >= 11 is 3.63. The van der Waals surface area contributed by atoms with Crippen LogP contribution >= 0.6 is 15.9 Å². The number of carbonyl (C=O) groups is 4. The number of aryl methyl sites for hydroxylation is 1. The van der Waals surface area contributed by atoms with Crippen molar-refractivity contribution in [2.75, 3.05) is 35.7 Å². The molecule has 0 bridgehead atoms. The Kier molecular flexibility index (Phi) is 10.8. The second kappa shape index (κ2) is 16.2. The zero-order valence-electron chi connectivity index (χ0n) is 31.7. The van der Waals surface area contributed by atoms with E-state index in [4.69, 9.17) is 0 Å². The number of nitrogens with zero attached hydrogens (tertiary/aromatic N) is 6. The number of carbonyl (C=O) groups excluding carboxylic acids is 4. The van der Waals surface area contributed by atoms with Gasteiger partial charge in [0.25, 0.3) is 11.8 Å². The van der Waals surface area contributed by atoms with Crippen LogP contribution in [0.5, 0.6) is 0 Å². The van der Waals surface area contributed by atoms with Crippen LogP contribution in [0, 0.1) is 6.92 Å². The summed E-state index contributed by atoms with van der Waals surface area (Å²) < 4.78 is 0.727. The van der Waals surface area contributed by atoms with Crippen LogP contribution in [0.2, 0.25) is 0 Å². The largest absolute Gasteiger partial charge is 0.371 e. The maximum atomic E-state index is 13.3. The Morgan fingerprint density at radius 1 is 0.982 bits per heavy atom. The third kappa shape index (κ3) is 8.28. The molecule has 0 radical (unpaired) electrons. The normalized spacial score (nSPS) is 17.1. The Bertz CT molecular complexity index is 2350. The van der Waals surface area contributed by atoms with Crippen molar-refractivity contribution in [3.8, 4) is 11.3 Å². The number of piperidine rings is 2. The minimum absolute atomic E-state index is 0.184. The summed E-state index contributed by atoms with van der Waals surface area (Å²) in [5, 5.41) is 8.69. The standard InChI is InChI=1S/C43H42BrN9O4/c1-26-5-8-31(22-36(26)49-43-46-17-13-35(48-43)29-4-3-16-45-23-29)47-40(55)28-6-9-33(10-7-28)52-18-14-32(15-19-52)51(2)24-27-20-30-25-53(42(57)39(30)34(44)21-27)37-11-12-38(54)50-41(37)56/h3-10,13,16-17,20-23,32,37H,11-12,14-15,18-19,24-25H2,1-2H3,(H,47,55)(H,46,48,49)(H,50,54,56). The van der Waals surface area contributed by atoms with Crippen LogP contribution in [0.1, 0.15) is 63.1 Å². The Balaban J connectivity index is 0.840. The van der Waals surface area contributed by atoms with E-state index in [0.29, 0.717) is 41.8 Å². The molecule has 290 valence electrons. The molecule has 3 aromatic carbocycles.